The Kier molecular flexibility index (Phi) is 24.4. The number of amides is 1. The third-order valence-corrected chi connectivity index (χ3v) is 7.85. The van der Waals surface area contributed by atoms with Crippen molar-refractivity contribution in [2.45, 2.75) is 167 Å². The van der Waals surface area contributed by atoms with Crippen LogP contribution in [0.4, 0.5) is 0 Å². The number of carbonyl (C=O) groups is 1. The molecule has 38 heavy (non-hydrogen) atoms. The zero-order valence-electron chi connectivity index (χ0n) is 24.4. The van der Waals surface area contributed by atoms with E-state index in [1.54, 1.807) is 6.08 Å². The van der Waals surface area contributed by atoms with Crippen molar-refractivity contribution in [3.05, 3.63) is 12.2 Å². The van der Waals surface area contributed by atoms with Crippen molar-refractivity contribution in [3.63, 3.8) is 0 Å². The van der Waals surface area contributed by atoms with Gasteiger partial charge in [-0.3, -0.25) is 9.35 Å². The van der Waals surface area contributed by atoms with Crippen molar-refractivity contribution < 1.29 is 28.0 Å². The molecule has 0 radical (unpaired) electrons. The van der Waals surface area contributed by atoms with Gasteiger partial charge in [0, 0.05) is 0 Å². The predicted molar refractivity (Wildman–Crippen MR) is 158 cm³/mol. The second-order valence-electron chi connectivity index (χ2n) is 10.9. The number of aliphatic hydroxyl groups excluding tert-OH is 2. The average Bonchev–Trinajstić information content (AvgIpc) is 2.86. The Morgan fingerprint density at radius 2 is 1.13 bits per heavy atom. The summed E-state index contributed by atoms with van der Waals surface area (Å²) < 4.78 is 32.1. The second kappa shape index (κ2) is 25.0. The van der Waals surface area contributed by atoms with E-state index in [2.05, 4.69) is 19.2 Å². The van der Waals surface area contributed by atoms with Crippen LogP contribution >= 0.6 is 0 Å². The summed E-state index contributed by atoms with van der Waals surface area (Å²) in [7, 11) is -4.42. The molecule has 7 nitrogen and oxygen atoms in total. The Labute approximate surface area is 234 Å². The Morgan fingerprint density at radius 1 is 0.711 bits per heavy atom. The van der Waals surface area contributed by atoms with Crippen LogP contribution in [-0.4, -0.2) is 53.1 Å². The number of hydrogen-bond acceptors (Lipinski definition) is 5. The molecule has 0 heterocycles. The lowest BCUT2D eigenvalue weighted by Gasteiger charge is -2.22. The molecule has 0 aromatic carbocycles. The number of carbonyl (C=O) groups excluding carboxylic acids is 1. The van der Waals surface area contributed by atoms with E-state index in [-0.39, 0.29) is 6.42 Å². The van der Waals surface area contributed by atoms with Gasteiger partial charge in [-0.05, 0) is 19.3 Å². The number of rotatable bonds is 27. The van der Waals surface area contributed by atoms with Gasteiger partial charge in [-0.2, -0.15) is 8.42 Å². The minimum Gasteiger partial charge on any atom is -0.387 e. The van der Waals surface area contributed by atoms with E-state index in [9.17, 15) is 28.0 Å². The Balaban J connectivity index is 4.25. The first-order valence-corrected chi connectivity index (χ1v) is 17.1. The quantitative estimate of drug-likeness (QED) is 0.0493. The van der Waals surface area contributed by atoms with E-state index >= 15 is 0 Å². The SMILES string of the molecule is CCCCCCCCCC/C=C/C(O)C(CS(=O)(=O)O)NC(=O)C(O)CCCCCCCCCCCCC. The molecule has 0 aliphatic heterocycles. The highest BCUT2D eigenvalue weighted by Crippen LogP contribution is 2.13. The summed E-state index contributed by atoms with van der Waals surface area (Å²) in [6.07, 6.45) is 24.2. The van der Waals surface area contributed by atoms with E-state index in [1.807, 2.05) is 0 Å². The highest BCUT2D eigenvalue weighted by atomic mass is 32.2. The summed E-state index contributed by atoms with van der Waals surface area (Å²) in [5.74, 6) is -1.53. The molecule has 226 valence electrons. The summed E-state index contributed by atoms with van der Waals surface area (Å²) in [5.41, 5.74) is 0. The molecule has 0 aliphatic rings. The number of nitrogens with one attached hydrogen (secondary N) is 1. The minimum absolute atomic E-state index is 0.284. The van der Waals surface area contributed by atoms with Crippen molar-refractivity contribution in [2.24, 2.45) is 0 Å². The molecule has 4 N–H and O–H groups in total. The minimum atomic E-state index is -4.42. The first-order chi connectivity index (χ1) is 18.2. The highest BCUT2D eigenvalue weighted by Gasteiger charge is 2.27. The van der Waals surface area contributed by atoms with Crippen LogP contribution in [0.15, 0.2) is 12.2 Å². The zero-order valence-corrected chi connectivity index (χ0v) is 25.2. The lowest BCUT2D eigenvalue weighted by atomic mass is 10.0. The molecule has 0 saturated heterocycles. The second-order valence-corrected chi connectivity index (χ2v) is 12.4. The molecule has 0 aliphatic carbocycles. The number of hydrogen-bond donors (Lipinski definition) is 4. The maximum Gasteiger partial charge on any atom is 0.267 e. The van der Waals surface area contributed by atoms with Crippen LogP contribution in [0.1, 0.15) is 149 Å². The molecule has 0 spiro atoms. The van der Waals surface area contributed by atoms with Crippen molar-refractivity contribution in [3.8, 4) is 0 Å². The smallest absolute Gasteiger partial charge is 0.267 e. The molecule has 0 fully saturated rings. The van der Waals surface area contributed by atoms with E-state index in [1.165, 1.54) is 89.5 Å². The van der Waals surface area contributed by atoms with E-state index < -0.39 is 40.0 Å². The van der Waals surface area contributed by atoms with Crippen molar-refractivity contribution >= 4 is 16.0 Å². The normalized spacial score (nSPS) is 14.6. The van der Waals surface area contributed by atoms with Gasteiger partial charge in [0.25, 0.3) is 10.1 Å². The van der Waals surface area contributed by atoms with Gasteiger partial charge in [-0.25, -0.2) is 0 Å². The number of aliphatic hydroxyl groups is 2. The molecule has 0 rings (SSSR count). The molecule has 0 bridgehead atoms. The summed E-state index contributed by atoms with van der Waals surface area (Å²) in [6.45, 7) is 4.42. The van der Waals surface area contributed by atoms with Crippen LogP contribution in [0.2, 0.25) is 0 Å². The van der Waals surface area contributed by atoms with Gasteiger partial charge in [0.2, 0.25) is 5.91 Å². The summed E-state index contributed by atoms with van der Waals surface area (Å²) in [4.78, 5) is 12.4. The zero-order chi connectivity index (χ0) is 28.5. The maximum absolute atomic E-state index is 12.4. The van der Waals surface area contributed by atoms with Gasteiger partial charge >= 0.3 is 0 Å². The molecule has 0 aromatic heterocycles. The third-order valence-electron chi connectivity index (χ3n) is 7.07. The fraction of sp³-hybridized carbons (Fsp3) is 0.900. The first kappa shape index (κ1) is 37.0. The van der Waals surface area contributed by atoms with Gasteiger partial charge in [-0.15, -0.1) is 0 Å². The van der Waals surface area contributed by atoms with E-state index in [0.29, 0.717) is 6.42 Å². The third kappa shape index (κ3) is 24.1. The number of allylic oxidation sites excluding steroid dienone is 1. The van der Waals surface area contributed by atoms with Crippen molar-refractivity contribution in [1.82, 2.24) is 5.32 Å². The topological polar surface area (TPSA) is 124 Å². The van der Waals surface area contributed by atoms with Gasteiger partial charge in [0.05, 0.1) is 17.9 Å². The summed E-state index contributed by atoms with van der Waals surface area (Å²) in [5, 5.41) is 23.1. The van der Waals surface area contributed by atoms with Gasteiger partial charge in [0.1, 0.15) is 6.10 Å². The molecule has 3 atom stereocenters. The van der Waals surface area contributed by atoms with Crippen LogP contribution < -0.4 is 5.32 Å². The summed E-state index contributed by atoms with van der Waals surface area (Å²) in [6, 6.07) is -1.22. The monoisotopic (exact) mass is 561 g/mol. The lowest BCUT2D eigenvalue weighted by Crippen LogP contribution is -2.50. The lowest BCUT2D eigenvalue weighted by molar-refractivity contribution is -0.130. The number of unbranched alkanes of at least 4 members (excludes halogenated alkanes) is 18. The molecule has 0 aromatic rings. The van der Waals surface area contributed by atoms with Gasteiger partial charge < -0.3 is 15.5 Å². The fourth-order valence-electron chi connectivity index (χ4n) is 4.63. The van der Waals surface area contributed by atoms with Crippen LogP contribution in [0, 0.1) is 0 Å². The van der Waals surface area contributed by atoms with Crippen LogP contribution in [0.5, 0.6) is 0 Å². The Morgan fingerprint density at radius 3 is 1.58 bits per heavy atom. The highest BCUT2D eigenvalue weighted by molar-refractivity contribution is 7.85. The van der Waals surface area contributed by atoms with Crippen LogP contribution in [0.3, 0.4) is 0 Å². The van der Waals surface area contributed by atoms with E-state index in [0.717, 1.165) is 38.5 Å². The predicted octanol–water partition coefficient (Wildman–Crippen LogP) is 6.87. The fourth-order valence-corrected chi connectivity index (χ4v) is 5.36. The maximum atomic E-state index is 12.4. The largest absolute Gasteiger partial charge is 0.387 e. The first-order valence-electron chi connectivity index (χ1n) is 15.5. The van der Waals surface area contributed by atoms with Crippen LogP contribution in [-0.2, 0) is 14.9 Å². The van der Waals surface area contributed by atoms with Gasteiger partial charge in [-0.1, -0.05) is 142 Å². The molecular formula is C30H59NO6S. The Bertz CT molecular complexity index is 682. The molecule has 0 saturated carbocycles. The molecule has 8 heteroatoms. The standard InChI is InChI=1S/C30H59NO6S/c1-3-5-7-9-11-13-15-17-19-21-23-25-29(33)30(34)31-27(26-38(35,36)37)28(32)24-22-20-18-16-14-12-10-8-6-4-2/h22,24,27-29,32-33H,3-21,23,25-26H2,1-2H3,(H,31,34)(H,35,36,37)/b24-22+. The van der Waals surface area contributed by atoms with E-state index in [4.69, 9.17) is 0 Å². The summed E-state index contributed by atoms with van der Waals surface area (Å²) >= 11 is 0. The molecule has 1 amide bonds. The van der Waals surface area contributed by atoms with Crippen molar-refractivity contribution in [2.75, 3.05) is 5.75 Å². The van der Waals surface area contributed by atoms with Gasteiger partial charge in [0.15, 0.2) is 0 Å². The molecular weight excluding hydrogens is 502 g/mol. The van der Waals surface area contributed by atoms with Crippen molar-refractivity contribution in [1.29, 1.82) is 0 Å². The van der Waals surface area contributed by atoms with Crippen LogP contribution in [0.25, 0.3) is 0 Å². The molecule has 3 unspecified atom stereocenters. The Hall–Kier alpha value is -0.960. The average molecular weight is 562 g/mol.